The third-order valence-corrected chi connectivity index (χ3v) is 1.43. The molecule has 0 spiro atoms. The van der Waals surface area contributed by atoms with Gasteiger partial charge in [0.15, 0.2) is 5.25 Å². The molecule has 4 heteroatoms. The highest BCUT2D eigenvalue weighted by Gasteiger charge is 2.31. The Kier molecular flexibility index (Phi) is 1.25. The van der Waals surface area contributed by atoms with E-state index in [4.69, 9.17) is 0 Å². The molecule has 1 saturated heterocycles. The van der Waals surface area contributed by atoms with E-state index in [1.165, 1.54) is 0 Å². The van der Waals surface area contributed by atoms with Crippen LogP contribution in [0.1, 0.15) is 6.42 Å². The van der Waals surface area contributed by atoms with Crippen molar-refractivity contribution in [2.75, 3.05) is 0 Å². The molecule has 0 aromatic heterocycles. The third kappa shape index (κ3) is 0.838. The monoisotopic (exact) mass is 132 g/mol. The molecule has 1 heterocycles. The lowest BCUT2D eigenvalue weighted by atomic mass is 10.4. The Hall–Kier alpha value is -0.510. The molecule has 0 saturated carbocycles. The summed E-state index contributed by atoms with van der Waals surface area (Å²) >= 11 is 3.06. The lowest BCUT2D eigenvalue weighted by Gasteiger charge is -1.81. The van der Waals surface area contributed by atoms with E-state index in [0.717, 1.165) is 0 Å². The minimum absolute atomic E-state index is 0.199. The maximum absolute atomic E-state index is 10.4. The Morgan fingerprint density at radius 3 is 2.38 bits per heavy atom. The van der Waals surface area contributed by atoms with Gasteiger partial charge in [0.05, 0.1) is 6.42 Å². The van der Waals surface area contributed by atoms with Crippen molar-refractivity contribution in [3.63, 3.8) is 0 Å². The quantitative estimate of drug-likeness (QED) is 0.319. The van der Waals surface area contributed by atoms with E-state index in [2.05, 4.69) is 17.9 Å². The van der Waals surface area contributed by atoms with Crippen LogP contribution < -0.4 is 5.32 Å². The molecule has 44 valence electrons. The van der Waals surface area contributed by atoms with Crippen molar-refractivity contribution < 1.29 is 9.59 Å². The molecule has 0 aromatic rings. The van der Waals surface area contributed by atoms with Crippen molar-refractivity contribution in [3.05, 3.63) is 0 Å². The normalized spacial score (nSPS) is 28.4. The van der Waals surface area contributed by atoms with E-state index in [-0.39, 0.29) is 23.5 Å². The van der Waals surface area contributed by atoms with Gasteiger partial charge >= 0.3 is 0 Å². The van der Waals surface area contributed by atoms with Gasteiger partial charge in [-0.25, -0.2) is 0 Å². The van der Waals surface area contributed by atoms with E-state index >= 15 is 0 Å². The lowest BCUT2D eigenvalue weighted by molar-refractivity contribution is -0.124. The van der Waals surface area contributed by atoms with Crippen molar-refractivity contribution >= 4 is 24.4 Å². The number of imide groups is 1. The van der Waals surface area contributed by atoms with Crippen molar-refractivity contribution in [1.82, 2.24) is 5.32 Å². The highest BCUT2D eigenvalue weighted by Crippen LogP contribution is 2.00. The van der Waals surface area contributed by atoms with Crippen molar-refractivity contribution in [2.24, 2.45) is 0 Å². The van der Waals surface area contributed by atoms with Gasteiger partial charge in [0, 0.05) is 0 Å². The van der Waals surface area contributed by atoms with Crippen molar-refractivity contribution in [3.8, 4) is 0 Å². The molecule has 8 heavy (non-hydrogen) atoms. The summed E-state index contributed by atoms with van der Waals surface area (Å²) in [5, 5.41) is 1.84. The van der Waals surface area contributed by atoms with Crippen LogP contribution in [0.3, 0.4) is 0 Å². The third-order valence-electron chi connectivity index (χ3n) is 0.969. The van der Waals surface area contributed by atoms with E-state index in [9.17, 15) is 9.59 Å². The molecule has 1 aliphatic heterocycles. The number of hydrogen-bond acceptors (Lipinski definition) is 2. The van der Waals surface area contributed by atoms with Crippen molar-refractivity contribution in [1.29, 1.82) is 0 Å². The minimum atomic E-state index is -0.303. The van der Waals surface area contributed by atoms with Gasteiger partial charge in [-0.15, -0.1) is 0 Å². The summed E-state index contributed by atoms with van der Waals surface area (Å²) in [5.41, 5.74) is 0. The number of carbonyl (C=O) groups excluding carboxylic acids is 2. The zero-order valence-corrected chi connectivity index (χ0v) is 5.10. The molecule has 1 rings (SSSR count). The first kappa shape index (κ1) is 5.62. The molecule has 1 atom stereocenters. The molecule has 1 aliphatic rings. The summed E-state index contributed by atoms with van der Waals surface area (Å²) in [4.78, 5) is 20.7. The summed E-state index contributed by atoms with van der Waals surface area (Å²) in [6.45, 7) is 0. The zero-order chi connectivity index (χ0) is 6.15. The maximum Gasteiger partial charge on any atom is 0.279 e. The summed E-state index contributed by atoms with van der Waals surface area (Å²) in [6, 6.07) is 0. The van der Waals surface area contributed by atoms with Gasteiger partial charge in [-0.1, -0.05) is 0 Å². The van der Waals surface area contributed by atoms with Gasteiger partial charge in [0.2, 0.25) is 5.91 Å². The molecule has 0 bridgehead atoms. The summed E-state index contributed by atoms with van der Waals surface area (Å²) in [6.07, 6.45) is 0.274. The number of rotatable bonds is 0. The molecule has 3 nitrogen and oxygen atoms in total. The Balaban J connectivity index is 2.64. The molecule has 0 aliphatic carbocycles. The predicted molar refractivity (Wildman–Crippen MR) is 31.7 cm³/mol. The fraction of sp³-hybridized carbons (Fsp3) is 0.500. The minimum Gasteiger partial charge on any atom is -0.292 e. The van der Waals surface area contributed by atoms with Crippen LogP contribution in [-0.4, -0.2) is 17.1 Å². The van der Waals surface area contributed by atoms with Crippen LogP contribution in [0.2, 0.25) is 0 Å². The summed E-state index contributed by atoms with van der Waals surface area (Å²) in [5.74, 6) is -0.429. The van der Waals surface area contributed by atoms with Gasteiger partial charge in [0.1, 0.15) is 0 Å². The van der Waals surface area contributed by atoms with Crippen LogP contribution in [-0.2, 0) is 22.2 Å². The molecule has 1 unspecified atom stereocenters. The number of nitrogens with one attached hydrogen (secondary N) is 1. The second-order valence-electron chi connectivity index (χ2n) is 1.67. The highest BCUT2D eigenvalue weighted by molar-refractivity contribution is 7.60. The molecular weight excluding hydrogens is 126 g/mol. The largest absolute Gasteiger partial charge is 0.292 e. The molecule has 1 N–H and O–H groups in total. The maximum atomic E-state index is 10.4. The van der Waals surface area contributed by atoms with E-state index in [1.54, 1.807) is 0 Å². The first-order valence-corrected chi connectivity index (χ1v) is 2.82. The topological polar surface area (TPSA) is 46.2 Å². The average molecular weight is 132 g/mol. The fourth-order valence-electron chi connectivity index (χ4n) is 0.554. The fourth-order valence-corrected chi connectivity index (χ4v) is 0.811. The molecule has 0 radical (unpaired) electrons. The van der Waals surface area contributed by atoms with Crippen LogP contribution in [0.15, 0.2) is 0 Å². The molecule has 2 amide bonds. The zero-order valence-electron chi connectivity index (χ0n) is 4.10. The summed E-state index contributed by atoms with van der Waals surface area (Å²) < 4.78 is 0. The Morgan fingerprint density at radius 2 is 2.25 bits per heavy atom. The SMILES string of the molecule is O=C1CC([SH2+])C(=O)N1. The van der Waals surface area contributed by atoms with Crippen LogP contribution in [0, 0.1) is 0 Å². The van der Waals surface area contributed by atoms with Crippen LogP contribution in [0.25, 0.3) is 0 Å². The Morgan fingerprint density at radius 1 is 1.62 bits per heavy atom. The Bertz CT molecular complexity index is 145. The second-order valence-corrected chi connectivity index (χ2v) is 2.37. The van der Waals surface area contributed by atoms with Gasteiger partial charge in [0.25, 0.3) is 5.91 Å². The smallest absolute Gasteiger partial charge is 0.279 e. The molecule has 0 aromatic carbocycles. The molecule has 1 fully saturated rings. The average Bonchev–Trinajstić information content (AvgIpc) is 1.85. The Labute approximate surface area is 51.9 Å². The number of hydrogen-bond donors (Lipinski definition) is 1. The lowest BCUT2D eigenvalue weighted by Crippen LogP contribution is -2.23. The van der Waals surface area contributed by atoms with Gasteiger partial charge in [-0.05, 0) is 12.6 Å². The van der Waals surface area contributed by atoms with Crippen molar-refractivity contribution in [2.45, 2.75) is 11.7 Å². The molecular formula is C4H6NO2S+. The van der Waals surface area contributed by atoms with Gasteiger partial charge in [-0.3, -0.25) is 14.9 Å². The highest BCUT2D eigenvalue weighted by atomic mass is 32.1. The first-order valence-electron chi connectivity index (χ1n) is 2.25. The van der Waals surface area contributed by atoms with Crippen LogP contribution >= 0.6 is 0 Å². The number of amides is 2. The standard InChI is InChI=1S/C4H5NO2S/c6-3-1-2(8)4(7)5-3/h2,8H,1H2,(H,5,6,7)/p+1. The van der Waals surface area contributed by atoms with E-state index in [0.29, 0.717) is 0 Å². The van der Waals surface area contributed by atoms with Crippen LogP contribution in [0.5, 0.6) is 0 Å². The van der Waals surface area contributed by atoms with E-state index in [1.807, 2.05) is 0 Å². The predicted octanol–water partition coefficient (Wildman–Crippen LogP) is -1.59. The van der Waals surface area contributed by atoms with Gasteiger partial charge in [-0.2, -0.15) is 0 Å². The van der Waals surface area contributed by atoms with Gasteiger partial charge < -0.3 is 0 Å². The first-order chi connectivity index (χ1) is 3.70. The number of carbonyl (C=O) groups is 2. The second kappa shape index (κ2) is 1.78. The van der Waals surface area contributed by atoms with E-state index < -0.39 is 0 Å². The van der Waals surface area contributed by atoms with Crippen LogP contribution in [0.4, 0.5) is 0 Å². The summed E-state index contributed by atoms with van der Waals surface area (Å²) in [7, 11) is 0.